The Balaban J connectivity index is 1.83. The first kappa shape index (κ1) is 21.2. The topological polar surface area (TPSA) is 65.4 Å². The van der Waals surface area contributed by atoms with Gasteiger partial charge in [-0.1, -0.05) is 23.9 Å². The maximum Gasteiger partial charge on any atom is 0.387 e. The van der Waals surface area contributed by atoms with Crippen molar-refractivity contribution in [2.75, 3.05) is 19.5 Å². The second-order valence-electron chi connectivity index (χ2n) is 5.80. The number of ether oxygens (including phenoxy) is 2. The number of aromatic nitrogens is 2. The molecule has 0 fully saturated rings. The van der Waals surface area contributed by atoms with Crippen LogP contribution in [0.4, 0.5) is 8.78 Å². The van der Waals surface area contributed by atoms with Gasteiger partial charge < -0.3 is 19.4 Å². The third-order valence-electron chi connectivity index (χ3n) is 3.91. The van der Waals surface area contributed by atoms with Crippen LogP contribution in [-0.2, 0) is 22.6 Å². The summed E-state index contributed by atoms with van der Waals surface area (Å²) in [4.78, 5) is 16.6. The van der Waals surface area contributed by atoms with Crippen molar-refractivity contribution in [3.8, 4) is 5.75 Å². The molecule has 0 atom stereocenters. The van der Waals surface area contributed by atoms with Crippen LogP contribution in [0.1, 0.15) is 17.0 Å². The van der Waals surface area contributed by atoms with Crippen LogP contribution < -0.4 is 10.1 Å². The number of rotatable bonds is 10. The van der Waals surface area contributed by atoms with E-state index in [-0.39, 0.29) is 17.4 Å². The Kier molecular flexibility index (Phi) is 8.05. The highest BCUT2D eigenvalue weighted by Gasteiger charge is 2.13. The summed E-state index contributed by atoms with van der Waals surface area (Å²) in [6.07, 6.45) is 0. The van der Waals surface area contributed by atoms with Gasteiger partial charge in [0.2, 0.25) is 5.91 Å². The fourth-order valence-electron chi connectivity index (χ4n) is 2.35. The van der Waals surface area contributed by atoms with Gasteiger partial charge in [-0.25, -0.2) is 4.98 Å². The molecule has 0 aliphatic heterocycles. The molecule has 0 spiro atoms. The summed E-state index contributed by atoms with van der Waals surface area (Å²) in [7, 11) is 1.64. The van der Waals surface area contributed by atoms with Crippen molar-refractivity contribution in [3.05, 3.63) is 41.2 Å². The van der Waals surface area contributed by atoms with Crippen LogP contribution in [0.5, 0.6) is 5.75 Å². The quantitative estimate of drug-likeness (QED) is 0.622. The van der Waals surface area contributed by atoms with Gasteiger partial charge in [-0.05, 0) is 31.5 Å². The number of nitrogens with one attached hydrogen (secondary N) is 1. The molecule has 2 rings (SSSR count). The molecule has 1 aromatic heterocycles. The van der Waals surface area contributed by atoms with Gasteiger partial charge in [0, 0.05) is 25.9 Å². The Morgan fingerprint density at radius 3 is 2.63 bits per heavy atom. The van der Waals surface area contributed by atoms with E-state index in [4.69, 9.17) is 4.74 Å². The standard InChI is InChI=1S/C18H23F2N3O3S/c1-12-13(2)23(8-9-25-3)18(22-12)27-11-16(24)21-10-14-4-6-15(7-5-14)26-17(19)20/h4-7,17H,8-11H2,1-3H3,(H,21,24). The summed E-state index contributed by atoms with van der Waals surface area (Å²) in [5.41, 5.74) is 2.78. The Morgan fingerprint density at radius 2 is 2.00 bits per heavy atom. The SMILES string of the molecule is COCCn1c(SCC(=O)NCc2ccc(OC(F)F)cc2)nc(C)c1C. The van der Waals surface area contributed by atoms with E-state index < -0.39 is 6.61 Å². The zero-order valence-corrected chi connectivity index (χ0v) is 16.3. The Morgan fingerprint density at radius 1 is 1.30 bits per heavy atom. The average Bonchev–Trinajstić information content (AvgIpc) is 2.91. The van der Waals surface area contributed by atoms with Crippen LogP contribution in [0.25, 0.3) is 0 Å². The summed E-state index contributed by atoms with van der Waals surface area (Å²) >= 11 is 1.37. The summed E-state index contributed by atoms with van der Waals surface area (Å²) in [5, 5.41) is 3.59. The highest BCUT2D eigenvalue weighted by molar-refractivity contribution is 7.99. The number of hydrogen-bond donors (Lipinski definition) is 1. The number of hydrogen-bond acceptors (Lipinski definition) is 5. The minimum absolute atomic E-state index is 0.0873. The fraction of sp³-hybridized carbons (Fsp3) is 0.444. The summed E-state index contributed by atoms with van der Waals surface area (Å²) in [5.74, 6) is 0.184. The molecule has 148 valence electrons. The van der Waals surface area contributed by atoms with Gasteiger partial charge in [0.1, 0.15) is 5.75 Å². The Bertz CT molecular complexity index is 751. The van der Waals surface area contributed by atoms with Crippen molar-refractivity contribution < 1.29 is 23.0 Å². The van der Waals surface area contributed by atoms with Gasteiger partial charge in [0.05, 0.1) is 18.1 Å². The van der Waals surface area contributed by atoms with E-state index in [0.717, 1.165) is 22.1 Å². The number of methoxy groups -OCH3 is 1. The molecule has 0 saturated carbocycles. The second kappa shape index (κ2) is 10.3. The van der Waals surface area contributed by atoms with Crippen LogP contribution in [0.15, 0.2) is 29.4 Å². The number of carbonyl (C=O) groups is 1. The van der Waals surface area contributed by atoms with Gasteiger partial charge in [-0.15, -0.1) is 0 Å². The molecule has 0 aliphatic carbocycles. The number of halogens is 2. The van der Waals surface area contributed by atoms with E-state index in [0.29, 0.717) is 19.7 Å². The van der Waals surface area contributed by atoms with Gasteiger partial charge in [0.15, 0.2) is 5.16 Å². The number of aryl methyl sites for hydroxylation is 1. The first-order chi connectivity index (χ1) is 12.9. The summed E-state index contributed by atoms with van der Waals surface area (Å²) in [6.45, 7) is 2.64. The van der Waals surface area contributed by atoms with Crippen LogP contribution in [0.3, 0.4) is 0 Å². The van der Waals surface area contributed by atoms with Gasteiger partial charge >= 0.3 is 6.61 Å². The molecular formula is C18H23F2N3O3S. The highest BCUT2D eigenvalue weighted by atomic mass is 32.2. The van der Waals surface area contributed by atoms with Crippen molar-refractivity contribution in [3.63, 3.8) is 0 Å². The molecule has 1 aromatic carbocycles. The van der Waals surface area contributed by atoms with E-state index in [1.165, 1.54) is 23.9 Å². The van der Waals surface area contributed by atoms with Crippen LogP contribution in [0, 0.1) is 13.8 Å². The number of imidazole rings is 1. The molecule has 9 heteroatoms. The van der Waals surface area contributed by atoms with Crippen molar-refractivity contribution in [2.45, 2.75) is 38.7 Å². The lowest BCUT2D eigenvalue weighted by Gasteiger charge is -2.10. The molecular weight excluding hydrogens is 376 g/mol. The lowest BCUT2D eigenvalue weighted by Crippen LogP contribution is -2.24. The first-order valence-corrected chi connectivity index (χ1v) is 9.35. The maximum atomic E-state index is 12.1. The fourth-order valence-corrected chi connectivity index (χ4v) is 3.30. The molecule has 0 saturated heterocycles. The van der Waals surface area contributed by atoms with E-state index in [2.05, 4.69) is 15.0 Å². The number of carbonyl (C=O) groups excluding carboxylic acids is 1. The number of benzene rings is 1. The third kappa shape index (κ3) is 6.51. The zero-order valence-electron chi connectivity index (χ0n) is 15.5. The van der Waals surface area contributed by atoms with Crippen molar-refractivity contribution in [1.82, 2.24) is 14.9 Å². The van der Waals surface area contributed by atoms with Crippen molar-refractivity contribution in [1.29, 1.82) is 0 Å². The summed E-state index contributed by atoms with van der Waals surface area (Å²) < 4.78 is 35.7. The smallest absolute Gasteiger partial charge is 0.387 e. The van der Waals surface area contributed by atoms with Crippen molar-refractivity contribution >= 4 is 17.7 Å². The van der Waals surface area contributed by atoms with Crippen molar-refractivity contribution in [2.24, 2.45) is 0 Å². The lowest BCUT2D eigenvalue weighted by atomic mass is 10.2. The van der Waals surface area contributed by atoms with Crippen LogP contribution >= 0.6 is 11.8 Å². The molecule has 1 amide bonds. The monoisotopic (exact) mass is 399 g/mol. The predicted octanol–water partition coefficient (Wildman–Crippen LogP) is 3.16. The maximum absolute atomic E-state index is 12.1. The van der Waals surface area contributed by atoms with E-state index in [1.807, 2.05) is 18.4 Å². The van der Waals surface area contributed by atoms with E-state index in [9.17, 15) is 13.6 Å². The molecule has 0 aliphatic rings. The molecule has 6 nitrogen and oxygen atoms in total. The average molecular weight is 399 g/mol. The molecule has 0 radical (unpaired) electrons. The molecule has 0 unspecified atom stereocenters. The van der Waals surface area contributed by atoms with E-state index in [1.54, 1.807) is 19.2 Å². The number of amides is 1. The van der Waals surface area contributed by atoms with Gasteiger partial charge in [-0.3, -0.25) is 4.79 Å². The van der Waals surface area contributed by atoms with Crippen LogP contribution in [0.2, 0.25) is 0 Å². The Labute approximate surface area is 161 Å². The minimum Gasteiger partial charge on any atom is -0.435 e. The first-order valence-electron chi connectivity index (χ1n) is 8.36. The molecule has 1 N–H and O–H groups in total. The molecule has 1 heterocycles. The molecule has 0 bridgehead atoms. The number of alkyl halides is 2. The predicted molar refractivity (Wildman–Crippen MR) is 99.2 cm³/mol. The lowest BCUT2D eigenvalue weighted by molar-refractivity contribution is -0.118. The zero-order chi connectivity index (χ0) is 19.8. The Hall–Kier alpha value is -2.13. The molecule has 27 heavy (non-hydrogen) atoms. The van der Waals surface area contributed by atoms with Crippen LogP contribution in [-0.4, -0.2) is 41.5 Å². The summed E-state index contributed by atoms with van der Waals surface area (Å²) in [6, 6.07) is 6.16. The normalized spacial score (nSPS) is 11.0. The van der Waals surface area contributed by atoms with E-state index >= 15 is 0 Å². The highest BCUT2D eigenvalue weighted by Crippen LogP contribution is 2.21. The van der Waals surface area contributed by atoms with Gasteiger partial charge in [-0.2, -0.15) is 8.78 Å². The molecule has 2 aromatic rings. The third-order valence-corrected chi connectivity index (χ3v) is 4.89. The second-order valence-corrected chi connectivity index (χ2v) is 6.74. The number of thioether (sulfide) groups is 1. The van der Waals surface area contributed by atoms with Gasteiger partial charge in [0.25, 0.3) is 0 Å². The number of nitrogens with zero attached hydrogens (tertiary/aromatic N) is 2. The minimum atomic E-state index is -2.85. The largest absolute Gasteiger partial charge is 0.435 e.